The van der Waals surface area contributed by atoms with E-state index in [1.807, 2.05) is 0 Å². The van der Waals surface area contributed by atoms with E-state index in [4.69, 9.17) is 5.26 Å². The summed E-state index contributed by atoms with van der Waals surface area (Å²) in [5.74, 6) is -2.07. The SMILES string of the molecule is N#Cc1c(F)cc(C2(O)CC3CCCC(C2)S3(=O)=O)cc1F. The van der Waals surface area contributed by atoms with E-state index in [9.17, 15) is 22.3 Å². The summed E-state index contributed by atoms with van der Waals surface area (Å²) in [5, 5.41) is 18.2. The standard InChI is InChI=1S/C15H15F2NO3S/c16-13-4-9(5-14(17)12(13)8-18)15(19)6-10-2-1-3-11(7-15)22(10,20)21/h4-5,10-11,19H,1-3,6-7H2. The molecule has 2 bridgehead atoms. The van der Waals surface area contributed by atoms with Crippen LogP contribution in [0.15, 0.2) is 12.1 Å². The molecule has 0 aliphatic carbocycles. The maximum atomic E-state index is 13.8. The lowest BCUT2D eigenvalue weighted by molar-refractivity contribution is 0.00446. The van der Waals surface area contributed by atoms with Crippen LogP contribution in [0.1, 0.15) is 43.2 Å². The van der Waals surface area contributed by atoms with Gasteiger partial charge in [-0.15, -0.1) is 0 Å². The lowest BCUT2D eigenvalue weighted by atomic mass is 9.80. The fourth-order valence-corrected chi connectivity index (χ4v) is 6.18. The van der Waals surface area contributed by atoms with Crippen LogP contribution in [-0.2, 0) is 15.4 Å². The Kier molecular flexibility index (Phi) is 3.49. The lowest BCUT2D eigenvalue weighted by Crippen LogP contribution is -2.50. The number of nitrogens with zero attached hydrogens (tertiary/aromatic N) is 1. The number of fused-ring (bicyclic) bond motifs is 2. The fraction of sp³-hybridized carbons (Fsp3) is 0.533. The van der Waals surface area contributed by atoms with Crippen molar-refractivity contribution in [1.29, 1.82) is 5.26 Å². The Labute approximate surface area is 127 Å². The number of rotatable bonds is 1. The lowest BCUT2D eigenvalue weighted by Gasteiger charge is -2.44. The van der Waals surface area contributed by atoms with E-state index in [1.165, 1.54) is 6.07 Å². The zero-order chi connectivity index (χ0) is 16.1. The largest absolute Gasteiger partial charge is 0.385 e. The highest BCUT2D eigenvalue weighted by Crippen LogP contribution is 2.46. The van der Waals surface area contributed by atoms with Crippen LogP contribution in [0.2, 0.25) is 0 Å². The molecule has 2 aliphatic heterocycles. The Hall–Kier alpha value is -1.52. The summed E-state index contributed by atoms with van der Waals surface area (Å²) < 4.78 is 52.1. The Balaban J connectivity index is 2.04. The number of sulfone groups is 1. The molecule has 0 aromatic heterocycles. The van der Waals surface area contributed by atoms with Gasteiger partial charge < -0.3 is 5.11 Å². The van der Waals surface area contributed by atoms with Crippen molar-refractivity contribution in [2.45, 2.75) is 48.2 Å². The highest BCUT2D eigenvalue weighted by atomic mass is 32.2. The topological polar surface area (TPSA) is 78.2 Å². The van der Waals surface area contributed by atoms with Crippen molar-refractivity contribution in [3.05, 3.63) is 34.9 Å². The van der Waals surface area contributed by atoms with Crippen LogP contribution in [-0.4, -0.2) is 24.0 Å². The van der Waals surface area contributed by atoms with Crippen molar-refractivity contribution >= 4 is 9.84 Å². The summed E-state index contributed by atoms with van der Waals surface area (Å²) >= 11 is 0. The minimum Gasteiger partial charge on any atom is -0.385 e. The van der Waals surface area contributed by atoms with E-state index in [0.29, 0.717) is 12.8 Å². The second kappa shape index (κ2) is 5.00. The predicted molar refractivity (Wildman–Crippen MR) is 74.6 cm³/mol. The van der Waals surface area contributed by atoms with Crippen LogP contribution in [0.3, 0.4) is 0 Å². The first-order valence-corrected chi connectivity index (χ1v) is 8.73. The number of nitriles is 1. The molecule has 2 atom stereocenters. The van der Waals surface area contributed by atoms with Crippen molar-refractivity contribution in [1.82, 2.24) is 0 Å². The fourth-order valence-electron chi connectivity index (χ4n) is 3.63. The van der Waals surface area contributed by atoms with Gasteiger partial charge in [0.15, 0.2) is 9.84 Å². The zero-order valence-corrected chi connectivity index (χ0v) is 12.5. The first-order chi connectivity index (χ1) is 10.3. The zero-order valence-electron chi connectivity index (χ0n) is 11.7. The first kappa shape index (κ1) is 15.4. The van der Waals surface area contributed by atoms with Gasteiger partial charge >= 0.3 is 0 Å². The molecule has 2 heterocycles. The summed E-state index contributed by atoms with van der Waals surface area (Å²) in [6, 6.07) is 3.31. The Morgan fingerprint density at radius 1 is 1.18 bits per heavy atom. The van der Waals surface area contributed by atoms with E-state index < -0.39 is 43.1 Å². The maximum Gasteiger partial charge on any atom is 0.156 e. The molecule has 0 saturated carbocycles. The van der Waals surface area contributed by atoms with E-state index in [2.05, 4.69) is 0 Å². The van der Waals surface area contributed by atoms with Crippen LogP contribution < -0.4 is 0 Å². The molecule has 4 nitrogen and oxygen atoms in total. The van der Waals surface area contributed by atoms with Gasteiger partial charge in [-0.3, -0.25) is 0 Å². The highest BCUT2D eigenvalue weighted by Gasteiger charge is 2.51. The maximum absolute atomic E-state index is 13.8. The molecular weight excluding hydrogens is 312 g/mol. The minimum atomic E-state index is -3.28. The molecule has 7 heteroatoms. The van der Waals surface area contributed by atoms with Crippen LogP contribution in [0.5, 0.6) is 0 Å². The van der Waals surface area contributed by atoms with Gasteiger partial charge in [0.2, 0.25) is 0 Å². The summed E-state index contributed by atoms with van der Waals surface area (Å²) in [6.45, 7) is 0. The third-order valence-electron chi connectivity index (χ3n) is 4.80. The molecule has 2 unspecified atom stereocenters. The average molecular weight is 327 g/mol. The van der Waals surface area contributed by atoms with Gasteiger partial charge in [-0.1, -0.05) is 6.42 Å². The molecule has 1 N–H and O–H groups in total. The molecule has 0 amide bonds. The molecule has 0 spiro atoms. The number of halogens is 2. The second-order valence-corrected chi connectivity index (χ2v) is 8.64. The Morgan fingerprint density at radius 3 is 2.14 bits per heavy atom. The number of aliphatic hydroxyl groups is 1. The van der Waals surface area contributed by atoms with Gasteiger partial charge in [0, 0.05) is 0 Å². The summed E-state index contributed by atoms with van der Waals surface area (Å²) in [4.78, 5) is 0. The second-order valence-electron chi connectivity index (χ2n) is 6.13. The normalized spacial score (nSPS) is 33.2. The van der Waals surface area contributed by atoms with Crippen molar-refractivity contribution in [2.75, 3.05) is 0 Å². The van der Waals surface area contributed by atoms with Crippen LogP contribution in [0.4, 0.5) is 8.78 Å². The van der Waals surface area contributed by atoms with E-state index in [0.717, 1.165) is 18.6 Å². The molecule has 1 aromatic rings. The molecule has 118 valence electrons. The van der Waals surface area contributed by atoms with Crippen molar-refractivity contribution in [3.8, 4) is 6.07 Å². The molecule has 1 aromatic carbocycles. The number of benzene rings is 1. The molecule has 2 fully saturated rings. The van der Waals surface area contributed by atoms with Gasteiger partial charge in [0.25, 0.3) is 0 Å². The number of hydrogen-bond donors (Lipinski definition) is 1. The molecular formula is C15H15F2NO3S. The van der Waals surface area contributed by atoms with Crippen LogP contribution in [0, 0.1) is 23.0 Å². The van der Waals surface area contributed by atoms with Crippen LogP contribution in [0.25, 0.3) is 0 Å². The Morgan fingerprint density at radius 2 is 1.68 bits per heavy atom. The number of hydrogen-bond acceptors (Lipinski definition) is 4. The van der Waals surface area contributed by atoms with Gasteiger partial charge in [0.1, 0.15) is 23.3 Å². The smallest absolute Gasteiger partial charge is 0.156 e. The minimum absolute atomic E-state index is 0.00769. The van der Waals surface area contributed by atoms with Crippen molar-refractivity contribution in [3.63, 3.8) is 0 Å². The summed E-state index contributed by atoms with van der Waals surface area (Å²) in [5.41, 5.74) is -2.26. The average Bonchev–Trinajstić information content (AvgIpc) is 2.40. The quantitative estimate of drug-likeness (QED) is 0.857. The molecule has 2 saturated heterocycles. The third-order valence-corrected chi connectivity index (χ3v) is 7.47. The highest BCUT2D eigenvalue weighted by molar-refractivity contribution is 7.92. The third kappa shape index (κ3) is 2.22. The molecule has 22 heavy (non-hydrogen) atoms. The van der Waals surface area contributed by atoms with Crippen LogP contribution >= 0.6 is 0 Å². The Bertz CT molecular complexity index is 726. The van der Waals surface area contributed by atoms with Crippen molar-refractivity contribution in [2.24, 2.45) is 0 Å². The van der Waals surface area contributed by atoms with E-state index in [-0.39, 0.29) is 18.4 Å². The molecule has 3 rings (SSSR count). The van der Waals surface area contributed by atoms with Gasteiger partial charge in [-0.2, -0.15) is 5.26 Å². The molecule has 0 radical (unpaired) electrons. The predicted octanol–water partition coefficient (Wildman–Crippen LogP) is 2.15. The summed E-state index contributed by atoms with van der Waals surface area (Å²) in [6.07, 6.45) is 1.58. The summed E-state index contributed by atoms with van der Waals surface area (Å²) in [7, 11) is -3.28. The van der Waals surface area contributed by atoms with E-state index >= 15 is 0 Å². The first-order valence-electron chi connectivity index (χ1n) is 7.12. The van der Waals surface area contributed by atoms with Gasteiger partial charge in [-0.05, 0) is 43.4 Å². The molecule has 2 aliphatic rings. The van der Waals surface area contributed by atoms with Crippen molar-refractivity contribution < 1.29 is 22.3 Å². The van der Waals surface area contributed by atoms with Gasteiger partial charge in [0.05, 0.1) is 16.1 Å². The van der Waals surface area contributed by atoms with Gasteiger partial charge in [-0.25, -0.2) is 17.2 Å². The van der Waals surface area contributed by atoms with E-state index in [1.54, 1.807) is 0 Å². The monoisotopic (exact) mass is 327 g/mol.